The van der Waals surface area contributed by atoms with Crippen molar-refractivity contribution in [2.24, 2.45) is 39.7 Å². The molecule has 1 aromatic carbocycles. The summed E-state index contributed by atoms with van der Waals surface area (Å²) in [6.45, 7) is 5.39. The third-order valence-corrected chi connectivity index (χ3v) is 7.56. The van der Waals surface area contributed by atoms with E-state index in [-0.39, 0.29) is 22.9 Å². The highest BCUT2D eigenvalue weighted by Gasteiger charge is 2.46. The molecule has 2 aliphatic rings. The van der Waals surface area contributed by atoms with Crippen LogP contribution in [0.1, 0.15) is 55.3 Å². The molecule has 10 heteroatoms. The number of hydrogen-bond donors (Lipinski definition) is 3. The summed E-state index contributed by atoms with van der Waals surface area (Å²) in [7, 11) is 2.03. The van der Waals surface area contributed by atoms with Gasteiger partial charge in [0.05, 0.1) is 11.8 Å². The Kier molecular flexibility index (Phi) is 15.4. The Morgan fingerprint density at radius 1 is 0.800 bits per heavy atom. The number of hydrogen-bond acceptors (Lipinski definition) is 6. The van der Waals surface area contributed by atoms with Gasteiger partial charge in [-0.3, -0.25) is 0 Å². The molecule has 0 unspecified atom stereocenters. The summed E-state index contributed by atoms with van der Waals surface area (Å²) in [4.78, 5) is 11.6. The van der Waals surface area contributed by atoms with Gasteiger partial charge in [0.25, 0.3) is 0 Å². The zero-order chi connectivity index (χ0) is 35.9. The number of piperidine rings is 1. The first kappa shape index (κ1) is 37.1. The predicted molar refractivity (Wildman–Crippen MR) is 212 cm³/mol. The molecule has 5 rings (SSSR count). The highest BCUT2D eigenvalue weighted by atomic mass is 15.5. The van der Waals surface area contributed by atoms with E-state index in [1.165, 1.54) is 11.1 Å². The molecule has 50 heavy (non-hydrogen) atoms. The third-order valence-electron chi connectivity index (χ3n) is 7.56. The fraction of sp³-hybridized carbons (Fsp3) is 0.250. The summed E-state index contributed by atoms with van der Waals surface area (Å²) in [6, 6.07) is 10.9. The summed E-state index contributed by atoms with van der Waals surface area (Å²) >= 11 is 0. The topological polar surface area (TPSA) is 147 Å². The lowest BCUT2D eigenvalue weighted by atomic mass is 9.73. The first-order valence-corrected chi connectivity index (χ1v) is 15.2. The maximum absolute atomic E-state index is 6.68. The van der Waals surface area contributed by atoms with Gasteiger partial charge in [0.1, 0.15) is 5.52 Å². The van der Waals surface area contributed by atoms with Crippen LogP contribution in [0.2, 0.25) is 0 Å². The monoisotopic (exact) mass is 668 g/mol. The highest BCUT2D eigenvalue weighted by Crippen LogP contribution is 2.51. The van der Waals surface area contributed by atoms with E-state index in [4.69, 9.17) is 11.3 Å². The van der Waals surface area contributed by atoms with Crippen molar-refractivity contribution in [2.75, 3.05) is 18.0 Å². The lowest BCUT2D eigenvalue weighted by Crippen LogP contribution is -2.44. The smallest absolute Gasteiger partial charge is 0.156 e. The molecule has 1 atom stereocenters. The van der Waals surface area contributed by atoms with Gasteiger partial charge >= 0.3 is 0 Å². The molecular weight excluding hydrogens is 621 g/mol. The Morgan fingerprint density at radius 3 is 1.78 bits per heavy atom. The van der Waals surface area contributed by atoms with E-state index < -0.39 is 0 Å². The Morgan fingerprint density at radius 2 is 1.32 bits per heavy atom. The number of benzene rings is 1. The lowest BCUT2D eigenvalue weighted by molar-refractivity contribution is 0.187. The fourth-order valence-electron chi connectivity index (χ4n) is 5.34. The van der Waals surface area contributed by atoms with E-state index in [2.05, 4.69) is 172 Å². The predicted octanol–water partition coefficient (Wildman–Crippen LogP) is 6.09. The number of anilines is 1. The molecule has 0 bridgehead atoms. The van der Waals surface area contributed by atoms with E-state index in [9.17, 15) is 0 Å². The van der Waals surface area contributed by atoms with E-state index >= 15 is 0 Å². The summed E-state index contributed by atoms with van der Waals surface area (Å²) in [5.41, 5.74) is 17.7. The molecule has 2 aromatic heterocycles. The maximum Gasteiger partial charge on any atom is 0.156 e. The second-order valence-electron chi connectivity index (χ2n) is 10.4. The van der Waals surface area contributed by atoms with Gasteiger partial charge in [-0.15, -0.1) is 0 Å². The number of fused-ring (bicyclic) bond motifs is 2. The number of aryl methyl sites for hydroxylation is 1. The van der Waals surface area contributed by atoms with Gasteiger partial charge in [0.15, 0.2) is 5.82 Å². The van der Waals surface area contributed by atoms with Crippen molar-refractivity contribution in [3.05, 3.63) is 54.0 Å². The molecule has 258 valence electrons. The van der Waals surface area contributed by atoms with Crippen LogP contribution in [0.15, 0.2) is 58.5 Å². The molecule has 3 heterocycles. The summed E-state index contributed by atoms with van der Waals surface area (Å²) < 4.78 is 2.05. The third kappa shape index (κ3) is 10.9. The van der Waals surface area contributed by atoms with Crippen molar-refractivity contribution < 1.29 is 11.4 Å². The highest BCUT2D eigenvalue weighted by molar-refractivity contribution is 5.86. The quantitative estimate of drug-likeness (QED) is 0.131. The van der Waals surface area contributed by atoms with E-state index in [1.807, 2.05) is 25.6 Å². The summed E-state index contributed by atoms with van der Waals surface area (Å²) in [5.74, 6) is 51.0. The molecule has 1 aliphatic heterocycles. The van der Waals surface area contributed by atoms with Crippen molar-refractivity contribution in [2.45, 2.75) is 39.2 Å². The number of pyridine rings is 1. The van der Waals surface area contributed by atoms with Crippen molar-refractivity contribution in [1.29, 1.82) is 5.53 Å². The standard InChI is InChI=1S/C20H23N5.C20H6.H3N5.8H2/c1-24-13-23-17-16(24)6-9-22-19(17)25-10-7-20(8-11-25)12-14-4-2-3-5-15(14)18(20)21;1-3-5-7-9-11-13-15-17-19-20-18-16-14-12-10-8-6-4-2;1-3-5-4-2;;;;;;;;/h2-6,9,13,18H,7-8,10-12,21H2,1H3;1-2H3;(H3,1,2,5);8*1H/t18-;;;;;;;;;;/m1........../s1. The van der Waals surface area contributed by atoms with Crippen molar-refractivity contribution in [1.82, 2.24) is 14.5 Å². The first-order valence-electron chi connectivity index (χ1n) is 15.2. The van der Waals surface area contributed by atoms with Crippen LogP contribution in [0.25, 0.3) is 11.0 Å². The Labute approximate surface area is 305 Å². The van der Waals surface area contributed by atoms with Gasteiger partial charge in [0.2, 0.25) is 0 Å². The van der Waals surface area contributed by atoms with Gasteiger partial charge in [0, 0.05) is 43.8 Å². The number of nitrogens with two attached hydrogens (primary N) is 2. The van der Waals surface area contributed by atoms with Crippen LogP contribution < -0.4 is 16.5 Å². The second-order valence-corrected chi connectivity index (χ2v) is 10.4. The average molecular weight is 669 g/mol. The van der Waals surface area contributed by atoms with Gasteiger partial charge in [-0.1, -0.05) is 41.3 Å². The number of nitrogens with zero attached hydrogens (tertiary/aromatic N) is 7. The van der Waals surface area contributed by atoms with Crippen LogP contribution in [-0.2, 0) is 13.5 Å². The zero-order valence-electron chi connectivity index (χ0n) is 27.9. The largest absolute Gasteiger partial charge is 0.355 e. The van der Waals surface area contributed by atoms with Gasteiger partial charge in [-0.05, 0) is 161 Å². The minimum Gasteiger partial charge on any atom is -0.355 e. The molecule has 1 saturated heterocycles. The molecule has 0 radical (unpaired) electrons. The van der Waals surface area contributed by atoms with Crippen LogP contribution in [0.3, 0.4) is 0 Å². The SMILES string of the molecule is CC#CC#CC#CC#CC#CC#CC#CC#CC#CC.Cn1cnc2c(N3CCC4(CC3)Cc3ccccc3[C@H]4N)nccc21.N=N/N=N/N.[HH].[HH].[HH].[HH].[HH].[HH].[HH].[HH]. The zero-order valence-corrected chi connectivity index (χ0v) is 27.9. The Hall–Kier alpha value is -7.36. The Balaban J connectivity index is -0.000000189. The molecule has 3 aromatic rings. The van der Waals surface area contributed by atoms with Gasteiger partial charge in [-0.25, -0.2) is 9.97 Å². The molecular formula is C40H48N10. The van der Waals surface area contributed by atoms with E-state index in [1.54, 1.807) is 13.8 Å². The van der Waals surface area contributed by atoms with Crippen LogP contribution in [-0.4, -0.2) is 27.6 Å². The minimum absolute atomic E-state index is 0. The summed E-state index contributed by atoms with van der Waals surface area (Å²) in [6.07, 6.45) is 7.08. The number of aromatic nitrogens is 3. The molecule has 10 nitrogen and oxygen atoms in total. The Bertz CT molecular complexity index is 2260. The van der Waals surface area contributed by atoms with Crippen molar-refractivity contribution >= 4 is 16.9 Å². The van der Waals surface area contributed by atoms with E-state index in [0.29, 0.717) is 0 Å². The molecule has 1 spiro atoms. The lowest BCUT2D eigenvalue weighted by Gasteiger charge is -2.42. The molecule has 5 N–H and O–H groups in total. The molecule has 0 saturated carbocycles. The first-order chi connectivity index (χ1) is 24.5. The van der Waals surface area contributed by atoms with Crippen LogP contribution in [0.5, 0.6) is 0 Å². The van der Waals surface area contributed by atoms with Crippen LogP contribution >= 0.6 is 0 Å². The number of rotatable bonds is 2. The number of nitrogens with one attached hydrogen (secondary N) is 1. The van der Waals surface area contributed by atoms with Crippen molar-refractivity contribution in [3.8, 4) is 107 Å². The van der Waals surface area contributed by atoms with Crippen LogP contribution in [0.4, 0.5) is 5.82 Å². The minimum atomic E-state index is 0. The maximum atomic E-state index is 6.68. The molecule has 1 aliphatic carbocycles. The van der Waals surface area contributed by atoms with Crippen molar-refractivity contribution in [3.63, 3.8) is 0 Å². The second kappa shape index (κ2) is 20.7. The van der Waals surface area contributed by atoms with Crippen LogP contribution in [0, 0.1) is 118 Å². The average Bonchev–Trinajstić information content (AvgIpc) is 3.65. The normalized spacial score (nSPS) is 13.4. The summed E-state index contributed by atoms with van der Waals surface area (Å²) in [5, 5.41) is 7.73. The molecule has 1 fully saturated rings. The fourth-order valence-corrected chi connectivity index (χ4v) is 5.34. The van der Waals surface area contributed by atoms with Gasteiger partial charge in [-0.2, -0.15) is 5.53 Å². The number of imidazole rings is 1. The van der Waals surface area contributed by atoms with E-state index in [0.717, 1.165) is 49.2 Å². The van der Waals surface area contributed by atoms with Gasteiger partial charge < -0.3 is 21.0 Å². The molecule has 0 amide bonds.